The Bertz CT molecular complexity index is 1300. The van der Waals surface area contributed by atoms with Crippen LogP contribution >= 0.6 is 11.3 Å². The Hall–Kier alpha value is -3.98. The normalized spacial score (nSPS) is 13.4. The molecule has 1 aromatic heterocycles. The molecule has 9 heteroatoms. The lowest BCUT2D eigenvalue weighted by molar-refractivity contribution is -0.134. The number of nitrogens with one attached hydrogen (secondary N) is 3. The molecule has 2 heterocycles. The van der Waals surface area contributed by atoms with E-state index in [4.69, 9.17) is 11.1 Å². The van der Waals surface area contributed by atoms with Gasteiger partial charge in [-0.15, -0.1) is 11.3 Å². The molecule has 1 aliphatic heterocycles. The first-order chi connectivity index (χ1) is 17.9. The fourth-order valence-electron chi connectivity index (χ4n) is 4.33. The molecule has 0 unspecified atom stereocenters. The number of anilines is 1. The Morgan fingerprint density at radius 3 is 2.65 bits per heavy atom. The van der Waals surface area contributed by atoms with Crippen LogP contribution < -0.4 is 16.4 Å². The maximum Gasteiger partial charge on any atom is 0.261 e. The molecule has 0 radical (unpaired) electrons. The first-order valence-corrected chi connectivity index (χ1v) is 13.1. The summed E-state index contributed by atoms with van der Waals surface area (Å²) < 4.78 is 0. The lowest BCUT2D eigenvalue weighted by Gasteiger charge is -2.30. The van der Waals surface area contributed by atoms with Crippen LogP contribution in [0.5, 0.6) is 0 Å². The monoisotopic (exact) mass is 517 g/mol. The van der Waals surface area contributed by atoms with Crippen LogP contribution in [0.15, 0.2) is 54.6 Å². The zero-order valence-corrected chi connectivity index (χ0v) is 21.6. The van der Waals surface area contributed by atoms with Crippen LogP contribution in [-0.4, -0.2) is 48.0 Å². The summed E-state index contributed by atoms with van der Waals surface area (Å²) in [7, 11) is 0. The van der Waals surface area contributed by atoms with E-state index < -0.39 is 6.04 Å². The molecule has 0 fully saturated rings. The van der Waals surface area contributed by atoms with Crippen molar-refractivity contribution in [2.75, 3.05) is 18.8 Å². The molecule has 2 aromatic carbocycles. The Morgan fingerprint density at radius 1 is 1.14 bits per heavy atom. The minimum absolute atomic E-state index is 0.0975. The maximum absolute atomic E-state index is 13.3. The van der Waals surface area contributed by atoms with Gasteiger partial charge in [-0.2, -0.15) is 0 Å². The van der Waals surface area contributed by atoms with Crippen molar-refractivity contribution in [3.8, 4) is 0 Å². The summed E-state index contributed by atoms with van der Waals surface area (Å²) in [6.45, 7) is 3.36. The fourth-order valence-corrected chi connectivity index (χ4v) is 5.41. The second kappa shape index (κ2) is 11.8. The third-order valence-corrected chi connectivity index (χ3v) is 7.70. The van der Waals surface area contributed by atoms with Gasteiger partial charge < -0.3 is 26.7 Å². The van der Waals surface area contributed by atoms with Crippen molar-refractivity contribution >= 4 is 41.0 Å². The molecule has 5 N–H and O–H groups in total. The molecule has 3 aromatic rings. The number of hydrogen-bond donors (Lipinski definition) is 4. The predicted octanol–water partition coefficient (Wildman–Crippen LogP) is 3.39. The molecular weight excluding hydrogens is 486 g/mol. The maximum atomic E-state index is 13.3. The van der Waals surface area contributed by atoms with Crippen molar-refractivity contribution in [3.05, 3.63) is 86.6 Å². The zero-order valence-electron chi connectivity index (χ0n) is 20.8. The van der Waals surface area contributed by atoms with E-state index in [0.29, 0.717) is 54.2 Å². The van der Waals surface area contributed by atoms with Gasteiger partial charge in [0.15, 0.2) is 0 Å². The Morgan fingerprint density at radius 2 is 1.92 bits per heavy atom. The quantitative estimate of drug-likeness (QED) is 0.256. The number of nitrogens with zero attached hydrogens (tertiary/aromatic N) is 1. The number of carbonyl (C=O) groups is 3. The van der Waals surface area contributed by atoms with Gasteiger partial charge >= 0.3 is 0 Å². The van der Waals surface area contributed by atoms with Gasteiger partial charge in [-0.05, 0) is 54.7 Å². The van der Waals surface area contributed by atoms with Crippen molar-refractivity contribution in [2.45, 2.75) is 38.8 Å². The second-order valence-corrected chi connectivity index (χ2v) is 10.1. The number of nitrogen functional groups attached to an aromatic ring is 1. The van der Waals surface area contributed by atoms with Gasteiger partial charge in [-0.1, -0.05) is 37.3 Å². The summed E-state index contributed by atoms with van der Waals surface area (Å²) in [6, 6.07) is 15.9. The van der Waals surface area contributed by atoms with Gasteiger partial charge in [0, 0.05) is 47.5 Å². The molecule has 0 bridgehead atoms. The van der Waals surface area contributed by atoms with Crippen molar-refractivity contribution < 1.29 is 14.4 Å². The third-order valence-electron chi connectivity index (χ3n) is 6.46. The summed E-state index contributed by atoms with van der Waals surface area (Å²) in [5.41, 5.74) is 9.18. The smallest absolute Gasteiger partial charge is 0.261 e. The third kappa shape index (κ3) is 6.24. The molecule has 8 nitrogen and oxygen atoms in total. The zero-order chi connectivity index (χ0) is 26.4. The summed E-state index contributed by atoms with van der Waals surface area (Å²) >= 11 is 1.48. The van der Waals surface area contributed by atoms with Gasteiger partial charge in [-0.25, -0.2) is 0 Å². The van der Waals surface area contributed by atoms with E-state index in [0.717, 1.165) is 23.1 Å². The molecule has 3 amide bonds. The van der Waals surface area contributed by atoms with E-state index in [1.165, 1.54) is 16.9 Å². The van der Waals surface area contributed by atoms with Crippen LogP contribution in [0.4, 0.5) is 5.69 Å². The van der Waals surface area contributed by atoms with Crippen molar-refractivity contribution in [2.24, 2.45) is 0 Å². The lowest BCUT2D eigenvalue weighted by atomic mass is 10.1. The van der Waals surface area contributed by atoms with E-state index >= 15 is 0 Å². The fraction of sp³-hybridized carbons (Fsp3) is 0.286. The van der Waals surface area contributed by atoms with Crippen LogP contribution in [0, 0.1) is 5.41 Å². The number of fused-ring (bicyclic) bond motifs is 1. The standard InChI is InChI=1S/C28H31N5O3S/c1-2-23(32-26(34)19-8-9-22(30)20(14-19)16-29)28(36)33-13-11-24-21(17-33)15-25(37-24)27(35)31-12-10-18-6-4-3-5-7-18/h3-9,14-16,23,29H,2,10-13,17,30H2,1H3,(H,31,35)(H,32,34)/t23-/m1/s1. The number of thiophene rings is 1. The summed E-state index contributed by atoms with van der Waals surface area (Å²) in [5.74, 6) is -0.630. The first kappa shape index (κ1) is 26.1. The largest absolute Gasteiger partial charge is 0.398 e. The average molecular weight is 518 g/mol. The number of carbonyl (C=O) groups excluding carboxylic acids is 3. The molecule has 1 atom stereocenters. The van der Waals surface area contributed by atoms with Crippen molar-refractivity contribution in [3.63, 3.8) is 0 Å². The minimum Gasteiger partial charge on any atom is -0.398 e. The second-order valence-electron chi connectivity index (χ2n) is 8.98. The van der Waals surface area contributed by atoms with E-state index in [9.17, 15) is 14.4 Å². The highest BCUT2D eigenvalue weighted by Crippen LogP contribution is 2.28. The average Bonchev–Trinajstić information content (AvgIpc) is 3.35. The highest BCUT2D eigenvalue weighted by Gasteiger charge is 2.29. The Balaban J connectivity index is 1.35. The van der Waals surface area contributed by atoms with Crippen LogP contribution in [0.25, 0.3) is 0 Å². The molecule has 37 heavy (non-hydrogen) atoms. The van der Waals surface area contributed by atoms with Gasteiger partial charge in [-0.3, -0.25) is 14.4 Å². The van der Waals surface area contributed by atoms with Gasteiger partial charge in [0.2, 0.25) is 5.91 Å². The number of hydrogen-bond acceptors (Lipinski definition) is 6. The van der Waals surface area contributed by atoms with Crippen LogP contribution in [0.3, 0.4) is 0 Å². The number of nitrogens with two attached hydrogens (primary N) is 1. The summed E-state index contributed by atoms with van der Waals surface area (Å²) in [4.78, 5) is 42.3. The lowest BCUT2D eigenvalue weighted by Crippen LogP contribution is -2.49. The molecule has 0 saturated heterocycles. The van der Waals surface area contributed by atoms with Crippen molar-refractivity contribution in [1.82, 2.24) is 15.5 Å². The topological polar surface area (TPSA) is 128 Å². The predicted molar refractivity (Wildman–Crippen MR) is 146 cm³/mol. The first-order valence-electron chi connectivity index (χ1n) is 12.3. The van der Waals surface area contributed by atoms with E-state index in [1.54, 1.807) is 23.1 Å². The molecule has 0 saturated carbocycles. The number of benzene rings is 2. The van der Waals surface area contributed by atoms with Crippen molar-refractivity contribution in [1.29, 1.82) is 5.41 Å². The van der Waals surface area contributed by atoms with E-state index in [2.05, 4.69) is 10.6 Å². The molecule has 0 spiro atoms. The highest BCUT2D eigenvalue weighted by molar-refractivity contribution is 7.14. The Kier molecular flexibility index (Phi) is 8.35. The van der Waals surface area contributed by atoms with E-state index in [1.807, 2.05) is 43.3 Å². The van der Waals surface area contributed by atoms with Crippen LogP contribution in [0.2, 0.25) is 0 Å². The van der Waals surface area contributed by atoms with Crippen LogP contribution in [-0.2, 0) is 24.2 Å². The molecule has 192 valence electrons. The van der Waals surface area contributed by atoms with Gasteiger partial charge in [0.25, 0.3) is 11.8 Å². The Labute approximate surface area is 220 Å². The van der Waals surface area contributed by atoms with Gasteiger partial charge in [0.1, 0.15) is 6.04 Å². The summed E-state index contributed by atoms with van der Waals surface area (Å²) in [6.07, 6.45) is 2.98. The molecule has 0 aliphatic carbocycles. The molecule has 4 rings (SSSR count). The molecule has 1 aliphatic rings. The number of rotatable bonds is 9. The SMILES string of the molecule is CC[C@@H](NC(=O)c1ccc(N)c(C=N)c1)C(=O)N1CCc2sc(C(=O)NCCc3ccccc3)cc2C1. The van der Waals surface area contributed by atoms with Crippen LogP contribution in [0.1, 0.15) is 54.9 Å². The minimum atomic E-state index is -0.672. The molecular formula is C28H31N5O3S. The number of amides is 3. The highest BCUT2D eigenvalue weighted by atomic mass is 32.1. The van der Waals surface area contributed by atoms with Gasteiger partial charge in [0.05, 0.1) is 4.88 Å². The summed E-state index contributed by atoms with van der Waals surface area (Å²) in [5, 5.41) is 13.3. The van der Waals surface area contributed by atoms with E-state index in [-0.39, 0.29) is 17.7 Å².